The summed E-state index contributed by atoms with van der Waals surface area (Å²) in [6.45, 7) is 2.12. The Balaban J connectivity index is 2.06. The van der Waals surface area contributed by atoms with Crippen LogP contribution in [-0.2, 0) is 0 Å². The van der Waals surface area contributed by atoms with Gasteiger partial charge in [0.05, 0.1) is 5.56 Å². The van der Waals surface area contributed by atoms with Crippen LogP contribution in [-0.4, -0.2) is 4.98 Å². The van der Waals surface area contributed by atoms with E-state index in [9.17, 15) is 0 Å². The zero-order valence-electron chi connectivity index (χ0n) is 12.5. The van der Waals surface area contributed by atoms with Gasteiger partial charge in [-0.05, 0) is 43.3 Å². The van der Waals surface area contributed by atoms with Gasteiger partial charge in [0, 0.05) is 0 Å². The van der Waals surface area contributed by atoms with Crippen molar-refractivity contribution in [3.63, 3.8) is 0 Å². The van der Waals surface area contributed by atoms with E-state index in [1.54, 1.807) is 0 Å². The number of nitrogens with one attached hydrogen (secondary N) is 1. The van der Waals surface area contributed by atoms with Crippen LogP contribution in [0, 0.1) is 6.92 Å². The highest BCUT2D eigenvalue weighted by Gasteiger charge is 2.21. The first-order valence-corrected chi connectivity index (χ1v) is 7.48. The third-order valence-electron chi connectivity index (χ3n) is 3.93. The van der Waals surface area contributed by atoms with Crippen molar-refractivity contribution in [2.75, 3.05) is 0 Å². The SMILES string of the molecule is Cc1cccc(-c2[nH]c3ccccc3[n+]2-c2ccccc2)c1. The molecule has 22 heavy (non-hydrogen) atoms. The Kier molecular flexibility index (Phi) is 3.01. The first-order valence-electron chi connectivity index (χ1n) is 7.48. The van der Waals surface area contributed by atoms with Gasteiger partial charge in [0.25, 0.3) is 5.82 Å². The molecular weight excluding hydrogens is 268 g/mol. The van der Waals surface area contributed by atoms with Crippen LogP contribution in [0.5, 0.6) is 0 Å². The van der Waals surface area contributed by atoms with Crippen molar-refractivity contribution in [1.82, 2.24) is 4.98 Å². The van der Waals surface area contributed by atoms with E-state index in [4.69, 9.17) is 0 Å². The monoisotopic (exact) mass is 285 g/mol. The van der Waals surface area contributed by atoms with E-state index in [2.05, 4.69) is 89.3 Å². The second-order valence-electron chi connectivity index (χ2n) is 5.53. The molecule has 0 aliphatic heterocycles. The quantitative estimate of drug-likeness (QED) is 0.526. The fraction of sp³-hybridized carbons (Fsp3) is 0.0500. The topological polar surface area (TPSA) is 19.7 Å². The lowest BCUT2D eigenvalue weighted by atomic mass is 10.1. The molecule has 1 heterocycles. The lowest BCUT2D eigenvalue weighted by molar-refractivity contribution is -0.554. The fourth-order valence-corrected chi connectivity index (χ4v) is 2.92. The highest BCUT2D eigenvalue weighted by molar-refractivity contribution is 5.75. The number of aromatic nitrogens is 2. The normalized spacial score (nSPS) is 11.0. The Bertz CT molecular complexity index is 936. The maximum atomic E-state index is 3.57. The molecule has 1 aromatic heterocycles. The summed E-state index contributed by atoms with van der Waals surface area (Å²) >= 11 is 0. The Hall–Kier alpha value is -2.87. The number of para-hydroxylation sites is 3. The molecule has 2 heteroatoms. The molecule has 0 fully saturated rings. The molecule has 0 spiro atoms. The molecule has 3 aromatic carbocycles. The average Bonchev–Trinajstić information content (AvgIpc) is 2.95. The molecule has 0 atom stereocenters. The third kappa shape index (κ3) is 2.09. The summed E-state index contributed by atoms with van der Waals surface area (Å²) < 4.78 is 2.28. The smallest absolute Gasteiger partial charge is 0.236 e. The number of benzene rings is 3. The number of aryl methyl sites for hydroxylation is 1. The Morgan fingerprint density at radius 1 is 0.773 bits per heavy atom. The zero-order chi connectivity index (χ0) is 14.9. The van der Waals surface area contributed by atoms with Crippen LogP contribution in [0.1, 0.15) is 5.56 Å². The standard InChI is InChI=1S/C20H16N2/c1-15-8-7-9-16(14-15)20-21-18-12-5-6-13-19(18)22(20)17-10-3-2-4-11-17/h2-14H,1H3/p+1. The molecule has 0 bridgehead atoms. The number of hydrogen-bond donors (Lipinski definition) is 1. The predicted molar refractivity (Wildman–Crippen MR) is 90.0 cm³/mol. The van der Waals surface area contributed by atoms with Crippen molar-refractivity contribution in [2.24, 2.45) is 0 Å². The van der Waals surface area contributed by atoms with E-state index >= 15 is 0 Å². The van der Waals surface area contributed by atoms with Gasteiger partial charge in [-0.25, -0.2) is 4.98 Å². The Morgan fingerprint density at radius 2 is 1.55 bits per heavy atom. The number of rotatable bonds is 2. The van der Waals surface area contributed by atoms with Gasteiger partial charge < -0.3 is 0 Å². The van der Waals surface area contributed by atoms with E-state index in [1.165, 1.54) is 16.6 Å². The van der Waals surface area contributed by atoms with Gasteiger partial charge >= 0.3 is 0 Å². The first-order chi connectivity index (χ1) is 10.8. The summed E-state index contributed by atoms with van der Waals surface area (Å²) in [5.41, 5.74) is 5.94. The highest BCUT2D eigenvalue weighted by Crippen LogP contribution is 2.21. The molecule has 0 radical (unpaired) electrons. The molecule has 4 rings (SSSR count). The molecule has 2 nitrogen and oxygen atoms in total. The molecule has 1 N–H and O–H groups in total. The number of imidazole rings is 1. The molecule has 0 aliphatic carbocycles. The maximum absolute atomic E-state index is 3.57. The molecule has 4 aromatic rings. The van der Waals surface area contributed by atoms with Gasteiger partial charge in [0.15, 0.2) is 11.0 Å². The molecule has 0 aliphatic rings. The zero-order valence-corrected chi connectivity index (χ0v) is 12.5. The van der Waals surface area contributed by atoms with Gasteiger partial charge in [-0.3, -0.25) is 0 Å². The molecule has 0 unspecified atom stereocenters. The van der Waals surface area contributed by atoms with Gasteiger partial charge in [0.1, 0.15) is 5.69 Å². The number of H-pyrrole nitrogens is 1. The van der Waals surface area contributed by atoms with Crippen molar-refractivity contribution in [1.29, 1.82) is 0 Å². The summed E-state index contributed by atoms with van der Waals surface area (Å²) in [5.74, 6) is 1.11. The fourth-order valence-electron chi connectivity index (χ4n) is 2.92. The lowest BCUT2D eigenvalue weighted by Gasteiger charge is -2.02. The van der Waals surface area contributed by atoms with Crippen molar-refractivity contribution in [2.45, 2.75) is 6.92 Å². The van der Waals surface area contributed by atoms with E-state index in [-0.39, 0.29) is 0 Å². The summed E-state index contributed by atoms with van der Waals surface area (Å²) in [4.78, 5) is 3.57. The first kappa shape index (κ1) is 12.8. The molecule has 0 saturated heterocycles. The highest BCUT2D eigenvalue weighted by atomic mass is 15.1. The minimum Gasteiger partial charge on any atom is -0.236 e. The minimum atomic E-state index is 1.11. The van der Waals surface area contributed by atoms with Gasteiger partial charge in [-0.15, -0.1) is 0 Å². The van der Waals surface area contributed by atoms with E-state index in [0.29, 0.717) is 0 Å². The van der Waals surface area contributed by atoms with E-state index < -0.39 is 0 Å². The van der Waals surface area contributed by atoms with Crippen LogP contribution >= 0.6 is 0 Å². The van der Waals surface area contributed by atoms with Crippen molar-refractivity contribution in [3.05, 3.63) is 84.4 Å². The van der Waals surface area contributed by atoms with Gasteiger partial charge in [0.2, 0.25) is 0 Å². The number of nitrogens with zero attached hydrogens (tertiary/aromatic N) is 1. The van der Waals surface area contributed by atoms with Crippen LogP contribution < -0.4 is 4.57 Å². The summed E-state index contributed by atoms with van der Waals surface area (Å²) in [6, 6.07) is 27.5. The van der Waals surface area contributed by atoms with Crippen LogP contribution in [0.3, 0.4) is 0 Å². The lowest BCUT2D eigenvalue weighted by Crippen LogP contribution is -2.31. The van der Waals surface area contributed by atoms with E-state index in [1.807, 2.05) is 6.07 Å². The Labute approximate surface area is 129 Å². The third-order valence-corrected chi connectivity index (χ3v) is 3.93. The number of aromatic amines is 1. The summed E-state index contributed by atoms with van der Waals surface area (Å²) in [7, 11) is 0. The molecular formula is C20H17N2+. The van der Waals surface area contributed by atoms with Gasteiger partial charge in [-0.2, -0.15) is 4.57 Å². The van der Waals surface area contributed by atoms with E-state index in [0.717, 1.165) is 17.0 Å². The van der Waals surface area contributed by atoms with Crippen molar-refractivity contribution >= 4 is 11.0 Å². The largest absolute Gasteiger partial charge is 0.292 e. The maximum Gasteiger partial charge on any atom is 0.292 e. The van der Waals surface area contributed by atoms with Crippen molar-refractivity contribution < 1.29 is 4.57 Å². The van der Waals surface area contributed by atoms with Crippen LogP contribution in [0.25, 0.3) is 28.1 Å². The molecule has 0 saturated carbocycles. The summed E-state index contributed by atoms with van der Waals surface area (Å²) in [6.07, 6.45) is 0. The molecule has 0 amide bonds. The van der Waals surface area contributed by atoms with Crippen LogP contribution in [0.2, 0.25) is 0 Å². The summed E-state index contributed by atoms with van der Waals surface area (Å²) in [5, 5.41) is 0. The second kappa shape index (κ2) is 5.15. The predicted octanol–water partition coefficient (Wildman–Crippen LogP) is 4.42. The van der Waals surface area contributed by atoms with Gasteiger partial charge in [-0.1, -0.05) is 48.0 Å². The average molecular weight is 285 g/mol. The van der Waals surface area contributed by atoms with Crippen molar-refractivity contribution in [3.8, 4) is 17.1 Å². The van der Waals surface area contributed by atoms with Crippen LogP contribution in [0.15, 0.2) is 78.9 Å². The van der Waals surface area contributed by atoms with Crippen LogP contribution in [0.4, 0.5) is 0 Å². The number of fused-ring (bicyclic) bond motifs is 1. The molecule has 106 valence electrons. The Morgan fingerprint density at radius 3 is 2.36 bits per heavy atom. The second-order valence-corrected chi connectivity index (χ2v) is 5.53. The minimum absolute atomic E-state index is 1.11. The number of hydrogen-bond acceptors (Lipinski definition) is 0.